The Morgan fingerprint density at radius 1 is 1.33 bits per heavy atom. The van der Waals surface area contributed by atoms with E-state index in [1.165, 1.54) is 0 Å². The molecule has 1 aromatic heterocycles. The van der Waals surface area contributed by atoms with E-state index in [2.05, 4.69) is 15.3 Å². The molecule has 2 rings (SSSR count). The molecular weight excluding hydrogens is 246 g/mol. The smallest absolute Gasteiger partial charge is 0.305 e. The number of hydrogen-bond acceptors (Lipinski definition) is 5. The first kappa shape index (κ1) is 12.6. The molecule has 0 spiro atoms. The lowest BCUT2D eigenvalue weighted by Gasteiger charge is -2.28. The van der Waals surface area contributed by atoms with Crippen LogP contribution < -0.4 is 5.32 Å². The van der Waals surface area contributed by atoms with Gasteiger partial charge in [-0.2, -0.15) is 0 Å². The standard InChI is InChI=1S/C10H12F2N4O2/c11-10(12)3-1-7(2-4-10)15-9-13-5-8(6-14-9)16(17)18/h5-7H,1-4H2,(H,13,14,15). The van der Waals surface area contributed by atoms with Crippen molar-refractivity contribution in [2.24, 2.45) is 0 Å². The highest BCUT2D eigenvalue weighted by molar-refractivity contribution is 5.31. The highest BCUT2D eigenvalue weighted by Crippen LogP contribution is 2.33. The molecule has 8 heteroatoms. The van der Waals surface area contributed by atoms with Crippen LogP contribution in [0.3, 0.4) is 0 Å². The van der Waals surface area contributed by atoms with E-state index < -0.39 is 10.8 Å². The van der Waals surface area contributed by atoms with Gasteiger partial charge in [0, 0.05) is 18.9 Å². The van der Waals surface area contributed by atoms with E-state index in [-0.39, 0.29) is 30.5 Å². The molecule has 0 unspecified atom stereocenters. The molecule has 0 radical (unpaired) electrons. The van der Waals surface area contributed by atoms with Gasteiger partial charge in [-0.3, -0.25) is 10.1 Å². The van der Waals surface area contributed by atoms with Crippen molar-refractivity contribution in [2.45, 2.75) is 37.6 Å². The van der Waals surface area contributed by atoms with E-state index >= 15 is 0 Å². The van der Waals surface area contributed by atoms with E-state index in [4.69, 9.17) is 0 Å². The lowest BCUT2D eigenvalue weighted by molar-refractivity contribution is -0.385. The van der Waals surface area contributed by atoms with Crippen LogP contribution in [0.1, 0.15) is 25.7 Å². The van der Waals surface area contributed by atoms with Gasteiger partial charge in [-0.15, -0.1) is 0 Å². The minimum Gasteiger partial charge on any atom is -0.351 e. The third-order valence-electron chi connectivity index (χ3n) is 2.90. The molecule has 0 aliphatic heterocycles. The number of nitro groups is 1. The number of nitrogens with zero attached hydrogens (tertiary/aromatic N) is 3. The van der Waals surface area contributed by atoms with E-state index in [0.29, 0.717) is 12.8 Å². The molecule has 98 valence electrons. The van der Waals surface area contributed by atoms with Gasteiger partial charge in [0.1, 0.15) is 12.4 Å². The zero-order chi connectivity index (χ0) is 13.2. The fraction of sp³-hybridized carbons (Fsp3) is 0.600. The molecule has 0 saturated heterocycles. The number of rotatable bonds is 3. The van der Waals surface area contributed by atoms with Gasteiger partial charge in [0.15, 0.2) is 0 Å². The van der Waals surface area contributed by atoms with E-state index in [1.54, 1.807) is 0 Å². The summed E-state index contributed by atoms with van der Waals surface area (Å²) in [5.74, 6) is -2.34. The molecule has 1 fully saturated rings. The summed E-state index contributed by atoms with van der Waals surface area (Å²) in [5, 5.41) is 13.3. The zero-order valence-corrected chi connectivity index (χ0v) is 9.47. The van der Waals surface area contributed by atoms with Crippen LogP contribution in [0.25, 0.3) is 0 Å². The third kappa shape index (κ3) is 3.08. The topological polar surface area (TPSA) is 81.0 Å². The molecule has 1 saturated carbocycles. The van der Waals surface area contributed by atoms with Gasteiger partial charge in [-0.1, -0.05) is 0 Å². The van der Waals surface area contributed by atoms with Crippen molar-refractivity contribution in [1.29, 1.82) is 0 Å². The minimum absolute atomic E-state index is 0.105. The van der Waals surface area contributed by atoms with Crippen molar-refractivity contribution < 1.29 is 13.7 Å². The van der Waals surface area contributed by atoms with Crippen molar-refractivity contribution in [1.82, 2.24) is 9.97 Å². The zero-order valence-electron chi connectivity index (χ0n) is 9.47. The monoisotopic (exact) mass is 258 g/mol. The van der Waals surface area contributed by atoms with Crippen LogP contribution in [0.2, 0.25) is 0 Å². The van der Waals surface area contributed by atoms with Gasteiger partial charge >= 0.3 is 5.69 Å². The summed E-state index contributed by atoms with van der Waals surface area (Å²) in [5.41, 5.74) is -0.198. The second-order valence-corrected chi connectivity index (χ2v) is 4.30. The molecule has 6 nitrogen and oxygen atoms in total. The van der Waals surface area contributed by atoms with Crippen LogP contribution >= 0.6 is 0 Å². The SMILES string of the molecule is O=[N+]([O-])c1cnc(NC2CCC(F)(F)CC2)nc1. The Morgan fingerprint density at radius 2 is 1.89 bits per heavy atom. The van der Waals surface area contributed by atoms with E-state index in [9.17, 15) is 18.9 Å². The Hall–Kier alpha value is -1.86. The summed E-state index contributed by atoms with van der Waals surface area (Å²) in [6.07, 6.45) is 2.55. The van der Waals surface area contributed by atoms with E-state index in [0.717, 1.165) is 12.4 Å². The Balaban J connectivity index is 1.92. The Bertz CT molecular complexity index is 428. The molecule has 1 heterocycles. The van der Waals surface area contributed by atoms with Crippen molar-refractivity contribution in [3.8, 4) is 0 Å². The Kier molecular flexibility index (Phi) is 3.35. The molecule has 0 aromatic carbocycles. The van der Waals surface area contributed by atoms with Crippen LogP contribution in [0, 0.1) is 10.1 Å². The lowest BCUT2D eigenvalue weighted by Crippen LogP contribution is -2.32. The van der Waals surface area contributed by atoms with Crippen molar-refractivity contribution >= 4 is 11.6 Å². The van der Waals surface area contributed by atoms with Crippen LogP contribution in [0.15, 0.2) is 12.4 Å². The molecule has 0 bridgehead atoms. The molecule has 1 aliphatic rings. The highest BCUT2D eigenvalue weighted by atomic mass is 19.3. The van der Waals surface area contributed by atoms with Crippen molar-refractivity contribution in [3.05, 3.63) is 22.5 Å². The maximum atomic E-state index is 12.9. The highest BCUT2D eigenvalue weighted by Gasteiger charge is 2.35. The van der Waals surface area contributed by atoms with Gasteiger partial charge in [-0.05, 0) is 12.8 Å². The molecular formula is C10H12F2N4O2. The van der Waals surface area contributed by atoms with Crippen LogP contribution in [-0.4, -0.2) is 26.9 Å². The quantitative estimate of drug-likeness (QED) is 0.665. The normalized spacial score (nSPS) is 19.4. The van der Waals surface area contributed by atoms with Crippen LogP contribution in [0.4, 0.5) is 20.4 Å². The fourth-order valence-corrected chi connectivity index (χ4v) is 1.86. The molecule has 1 N–H and O–H groups in total. The second kappa shape index (κ2) is 4.79. The molecule has 1 aliphatic carbocycles. The maximum Gasteiger partial charge on any atom is 0.305 e. The number of hydrogen-bond donors (Lipinski definition) is 1. The number of aromatic nitrogens is 2. The first-order valence-corrected chi connectivity index (χ1v) is 5.57. The summed E-state index contributed by atoms with van der Waals surface area (Å²) in [4.78, 5) is 17.4. The van der Waals surface area contributed by atoms with Gasteiger partial charge in [0.2, 0.25) is 11.9 Å². The van der Waals surface area contributed by atoms with Crippen molar-refractivity contribution in [2.75, 3.05) is 5.32 Å². The summed E-state index contributed by atoms with van der Waals surface area (Å²) < 4.78 is 25.8. The lowest BCUT2D eigenvalue weighted by atomic mass is 9.92. The van der Waals surface area contributed by atoms with Gasteiger partial charge in [0.05, 0.1) is 4.92 Å². The summed E-state index contributed by atoms with van der Waals surface area (Å²) >= 11 is 0. The summed E-state index contributed by atoms with van der Waals surface area (Å²) in [6.45, 7) is 0. The number of anilines is 1. The minimum atomic E-state index is -2.57. The van der Waals surface area contributed by atoms with Gasteiger partial charge in [-0.25, -0.2) is 18.7 Å². The van der Waals surface area contributed by atoms with Crippen LogP contribution in [0.5, 0.6) is 0 Å². The average molecular weight is 258 g/mol. The Morgan fingerprint density at radius 3 is 2.39 bits per heavy atom. The van der Waals surface area contributed by atoms with Crippen molar-refractivity contribution in [3.63, 3.8) is 0 Å². The molecule has 18 heavy (non-hydrogen) atoms. The largest absolute Gasteiger partial charge is 0.351 e. The second-order valence-electron chi connectivity index (χ2n) is 4.30. The fourth-order valence-electron chi connectivity index (χ4n) is 1.86. The molecule has 1 aromatic rings. The average Bonchev–Trinajstić information content (AvgIpc) is 2.33. The Labute approximate surface area is 102 Å². The van der Waals surface area contributed by atoms with Gasteiger partial charge < -0.3 is 5.32 Å². The number of alkyl halides is 2. The van der Waals surface area contributed by atoms with Crippen LogP contribution in [-0.2, 0) is 0 Å². The summed E-state index contributed by atoms with van der Waals surface area (Å²) in [7, 11) is 0. The first-order valence-electron chi connectivity index (χ1n) is 5.57. The predicted molar refractivity (Wildman–Crippen MR) is 59.5 cm³/mol. The third-order valence-corrected chi connectivity index (χ3v) is 2.90. The molecule has 0 atom stereocenters. The summed E-state index contributed by atoms with van der Waals surface area (Å²) in [6, 6.07) is -0.105. The van der Waals surface area contributed by atoms with Gasteiger partial charge in [0.25, 0.3) is 0 Å². The number of halogens is 2. The molecule has 0 amide bonds. The number of nitrogens with one attached hydrogen (secondary N) is 1. The maximum absolute atomic E-state index is 12.9. The van der Waals surface area contributed by atoms with E-state index in [1.807, 2.05) is 0 Å². The predicted octanol–water partition coefficient (Wildman–Crippen LogP) is 2.37. The first-order chi connectivity index (χ1) is 8.46.